The van der Waals surface area contributed by atoms with Crippen molar-refractivity contribution in [2.24, 2.45) is 0 Å². The van der Waals surface area contributed by atoms with E-state index in [9.17, 15) is 14.9 Å². The van der Waals surface area contributed by atoms with Gasteiger partial charge < -0.3 is 11.1 Å². The molecule has 8 heteroatoms. The monoisotopic (exact) mass is 306 g/mol. The molecule has 7 nitrogen and oxygen atoms in total. The quantitative estimate of drug-likeness (QED) is 0.664. The number of pyridine rings is 1. The number of amides is 1. The van der Waals surface area contributed by atoms with Crippen molar-refractivity contribution >= 4 is 29.0 Å². The summed E-state index contributed by atoms with van der Waals surface area (Å²) in [6, 6.07) is 7.27. The van der Waals surface area contributed by atoms with E-state index in [1.54, 1.807) is 12.1 Å². The van der Waals surface area contributed by atoms with E-state index in [4.69, 9.17) is 17.3 Å². The number of benzene rings is 1. The second-order valence-electron chi connectivity index (χ2n) is 4.20. The Labute approximate surface area is 124 Å². The Kier molecular flexibility index (Phi) is 4.34. The van der Waals surface area contributed by atoms with Crippen molar-refractivity contribution in [1.29, 1.82) is 0 Å². The molecule has 0 radical (unpaired) electrons. The Bertz CT molecular complexity index is 688. The van der Waals surface area contributed by atoms with Crippen molar-refractivity contribution < 1.29 is 9.72 Å². The molecule has 0 aliphatic rings. The van der Waals surface area contributed by atoms with Crippen LogP contribution in [0.1, 0.15) is 15.9 Å². The van der Waals surface area contributed by atoms with Crippen LogP contribution in [0.4, 0.5) is 11.5 Å². The highest BCUT2D eigenvalue weighted by molar-refractivity contribution is 6.33. The lowest BCUT2D eigenvalue weighted by Crippen LogP contribution is -2.23. The molecule has 0 aliphatic heterocycles. The van der Waals surface area contributed by atoms with Crippen LogP contribution >= 0.6 is 11.6 Å². The van der Waals surface area contributed by atoms with Crippen molar-refractivity contribution in [3.8, 4) is 0 Å². The highest BCUT2D eigenvalue weighted by Crippen LogP contribution is 2.17. The first-order valence-corrected chi connectivity index (χ1v) is 6.27. The molecule has 1 amide bonds. The predicted molar refractivity (Wildman–Crippen MR) is 77.9 cm³/mol. The van der Waals surface area contributed by atoms with Gasteiger partial charge in [0.05, 0.1) is 15.5 Å². The Balaban J connectivity index is 2.04. The van der Waals surface area contributed by atoms with Gasteiger partial charge in [0.25, 0.3) is 11.6 Å². The summed E-state index contributed by atoms with van der Waals surface area (Å²) in [6.45, 7) is 0.218. The van der Waals surface area contributed by atoms with Crippen LogP contribution in [0.25, 0.3) is 0 Å². The number of nitrogens with zero attached hydrogens (tertiary/aromatic N) is 2. The number of anilines is 1. The molecule has 1 aromatic heterocycles. The van der Waals surface area contributed by atoms with E-state index in [2.05, 4.69) is 10.3 Å². The highest BCUT2D eigenvalue weighted by Gasteiger charge is 2.11. The summed E-state index contributed by atoms with van der Waals surface area (Å²) in [5, 5.41) is 13.4. The number of nitrogen functional groups attached to an aromatic ring is 1. The molecular formula is C13H11ClN4O3. The normalized spacial score (nSPS) is 10.1. The zero-order valence-electron chi connectivity index (χ0n) is 10.7. The van der Waals surface area contributed by atoms with Crippen LogP contribution in [0, 0.1) is 10.1 Å². The summed E-state index contributed by atoms with van der Waals surface area (Å²) < 4.78 is 0. The Morgan fingerprint density at radius 3 is 2.67 bits per heavy atom. The highest BCUT2D eigenvalue weighted by atomic mass is 35.5. The van der Waals surface area contributed by atoms with Crippen LogP contribution in [0.5, 0.6) is 0 Å². The summed E-state index contributed by atoms with van der Waals surface area (Å²) in [5.41, 5.74) is 6.46. The molecule has 0 atom stereocenters. The van der Waals surface area contributed by atoms with Gasteiger partial charge in [-0.3, -0.25) is 14.9 Å². The fraction of sp³-hybridized carbons (Fsp3) is 0.0769. The molecule has 0 saturated heterocycles. The number of rotatable bonds is 4. The fourth-order valence-corrected chi connectivity index (χ4v) is 1.83. The average Bonchev–Trinajstić information content (AvgIpc) is 2.47. The lowest BCUT2D eigenvalue weighted by Gasteiger charge is -2.07. The molecule has 0 bridgehead atoms. The van der Waals surface area contributed by atoms with E-state index in [-0.39, 0.29) is 28.6 Å². The molecule has 108 valence electrons. The summed E-state index contributed by atoms with van der Waals surface area (Å²) in [5.74, 6) is -0.202. The molecule has 0 fully saturated rings. The largest absolute Gasteiger partial charge is 0.384 e. The number of carbonyl (C=O) groups is 1. The minimum absolute atomic E-state index is 0.00460. The first-order chi connectivity index (χ1) is 9.97. The van der Waals surface area contributed by atoms with Crippen LogP contribution < -0.4 is 11.1 Å². The number of hydrogen-bond acceptors (Lipinski definition) is 5. The molecule has 21 heavy (non-hydrogen) atoms. The summed E-state index contributed by atoms with van der Waals surface area (Å²) in [4.78, 5) is 25.8. The summed E-state index contributed by atoms with van der Waals surface area (Å²) in [7, 11) is 0. The molecular weight excluding hydrogens is 296 g/mol. The number of carbonyl (C=O) groups excluding carboxylic acids is 1. The molecule has 0 spiro atoms. The Morgan fingerprint density at radius 2 is 2.05 bits per heavy atom. The molecule has 3 N–H and O–H groups in total. The van der Waals surface area contributed by atoms with Crippen molar-refractivity contribution in [1.82, 2.24) is 10.3 Å². The maximum absolute atomic E-state index is 12.0. The van der Waals surface area contributed by atoms with E-state index in [1.165, 1.54) is 24.4 Å². The zero-order chi connectivity index (χ0) is 15.4. The fourth-order valence-electron chi connectivity index (χ4n) is 1.64. The number of non-ortho nitro benzene ring substituents is 1. The number of nitro benzene ring substituents is 1. The third-order valence-electron chi connectivity index (χ3n) is 2.72. The number of hydrogen-bond donors (Lipinski definition) is 2. The van der Waals surface area contributed by atoms with Gasteiger partial charge in [-0.2, -0.15) is 0 Å². The molecule has 2 rings (SSSR count). The second kappa shape index (κ2) is 6.19. The second-order valence-corrected chi connectivity index (χ2v) is 4.60. The third-order valence-corrected chi connectivity index (χ3v) is 3.02. The Hall–Kier alpha value is -2.67. The molecule has 0 saturated carbocycles. The van der Waals surface area contributed by atoms with E-state index >= 15 is 0 Å². The standard InChI is InChI=1S/C13H11ClN4O3/c14-11-7-16-12(15)5-10(11)13(19)17-6-8-1-3-9(4-2-8)18(20)21/h1-5,7H,6H2,(H2,15,16)(H,17,19). The molecule has 1 aromatic carbocycles. The van der Waals surface area contributed by atoms with Gasteiger partial charge in [0.15, 0.2) is 0 Å². The van der Waals surface area contributed by atoms with Crippen molar-refractivity contribution in [3.05, 3.63) is 62.8 Å². The van der Waals surface area contributed by atoms with Gasteiger partial charge in [0.2, 0.25) is 0 Å². The molecule has 1 heterocycles. The minimum atomic E-state index is -0.484. The van der Waals surface area contributed by atoms with E-state index in [0.29, 0.717) is 0 Å². The zero-order valence-corrected chi connectivity index (χ0v) is 11.5. The van der Waals surface area contributed by atoms with E-state index in [0.717, 1.165) is 5.56 Å². The van der Waals surface area contributed by atoms with E-state index in [1.807, 2.05) is 0 Å². The molecule has 0 unspecified atom stereocenters. The van der Waals surface area contributed by atoms with Crippen LogP contribution in [0.3, 0.4) is 0 Å². The average molecular weight is 307 g/mol. The van der Waals surface area contributed by atoms with Crippen LogP contribution in [-0.2, 0) is 6.54 Å². The predicted octanol–water partition coefficient (Wildman–Crippen LogP) is 2.16. The van der Waals surface area contributed by atoms with Gasteiger partial charge in [-0.05, 0) is 11.6 Å². The van der Waals surface area contributed by atoms with Gasteiger partial charge in [0.1, 0.15) is 5.82 Å². The van der Waals surface area contributed by atoms with Gasteiger partial charge in [-0.25, -0.2) is 4.98 Å². The number of aromatic nitrogens is 1. The minimum Gasteiger partial charge on any atom is -0.384 e. The lowest BCUT2D eigenvalue weighted by molar-refractivity contribution is -0.384. The van der Waals surface area contributed by atoms with Crippen molar-refractivity contribution in [2.75, 3.05) is 5.73 Å². The van der Waals surface area contributed by atoms with Crippen LogP contribution in [0.2, 0.25) is 5.02 Å². The first-order valence-electron chi connectivity index (χ1n) is 5.90. The number of nitrogens with two attached hydrogens (primary N) is 1. The lowest BCUT2D eigenvalue weighted by atomic mass is 10.2. The summed E-state index contributed by atoms with van der Waals surface area (Å²) >= 11 is 5.87. The maximum atomic E-state index is 12.0. The van der Waals surface area contributed by atoms with Crippen LogP contribution in [0.15, 0.2) is 36.5 Å². The number of halogens is 1. The van der Waals surface area contributed by atoms with Gasteiger partial charge >= 0.3 is 0 Å². The molecule has 0 aliphatic carbocycles. The topological polar surface area (TPSA) is 111 Å². The Morgan fingerprint density at radius 1 is 1.38 bits per heavy atom. The van der Waals surface area contributed by atoms with Gasteiger partial charge in [0, 0.05) is 24.9 Å². The maximum Gasteiger partial charge on any atom is 0.269 e. The van der Waals surface area contributed by atoms with Crippen molar-refractivity contribution in [3.63, 3.8) is 0 Å². The van der Waals surface area contributed by atoms with Gasteiger partial charge in [-0.15, -0.1) is 0 Å². The van der Waals surface area contributed by atoms with E-state index < -0.39 is 10.8 Å². The number of nitro groups is 1. The van der Waals surface area contributed by atoms with Crippen molar-refractivity contribution in [2.45, 2.75) is 6.54 Å². The smallest absolute Gasteiger partial charge is 0.269 e. The first kappa shape index (κ1) is 14.7. The molecule has 2 aromatic rings. The van der Waals surface area contributed by atoms with Gasteiger partial charge in [-0.1, -0.05) is 23.7 Å². The SMILES string of the molecule is Nc1cc(C(=O)NCc2ccc([N+](=O)[O-])cc2)c(Cl)cn1. The van der Waals surface area contributed by atoms with Crippen LogP contribution in [-0.4, -0.2) is 15.8 Å². The summed E-state index contributed by atoms with van der Waals surface area (Å²) in [6.07, 6.45) is 1.30. The third kappa shape index (κ3) is 3.67. The number of nitrogens with one attached hydrogen (secondary N) is 1.